The minimum atomic E-state index is -0.261. The SMILES string of the molecule is Fc1cc(C(Br)c2cc(Br)ccc2Br)ccc1Br. The van der Waals surface area contributed by atoms with E-state index in [0.29, 0.717) is 4.47 Å². The van der Waals surface area contributed by atoms with E-state index in [1.807, 2.05) is 24.3 Å². The van der Waals surface area contributed by atoms with E-state index in [1.165, 1.54) is 6.07 Å². The summed E-state index contributed by atoms with van der Waals surface area (Å²) in [5.74, 6) is -0.261. The van der Waals surface area contributed by atoms with Crippen LogP contribution < -0.4 is 0 Å². The highest BCUT2D eigenvalue weighted by molar-refractivity contribution is 9.11. The van der Waals surface area contributed by atoms with Crippen LogP contribution in [-0.2, 0) is 0 Å². The first kappa shape index (κ1) is 14.7. The van der Waals surface area contributed by atoms with Crippen LogP contribution in [0.25, 0.3) is 0 Å². The molecule has 0 saturated heterocycles. The Balaban J connectivity index is 2.44. The van der Waals surface area contributed by atoms with Crippen LogP contribution in [0, 0.1) is 5.82 Å². The normalized spacial score (nSPS) is 12.5. The first-order valence-corrected chi connectivity index (χ1v) is 8.32. The molecule has 0 aliphatic carbocycles. The van der Waals surface area contributed by atoms with E-state index in [-0.39, 0.29) is 10.6 Å². The van der Waals surface area contributed by atoms with Crippen molar-refractivity contribution in [2.24, 2.45) is 0 Å². The summed E-state index contributed by atoms with van der Waals surface area (Å²) < 4.78 is 16.0. The molecule has 1 unspecified atom stereocenters. The lowest BCUT2D eigenvalue weighted by atomic mass is 10.0. The van der Waals surface area contributed by atoms with Crippen molar-refractivity contribution in [1.82, 2.24) is 0 Å². The lowest BCUT2D eigenvalue weighted by molar-refractivity contribution is 0.619. The second kappa shape index (κ2) is 6.16. The molecule has 18 heavy (non-hydrogen) atoms. The zero-order valence-corrected chi connectivity index (χ0v) is 15.3. The monoisotopic (exact) mass is 498 g/mol. The maximum Gasteiger partial charge on any atom is 0.137 e. The van der Waals surface area contributed by atoms with E-state index in [9.17, 15) is 4.39 Å². The molecule has 0 spiro atoms. The van der Waals surface area contributed by atoms with Gasteiger partial charge in [0.05, 0.1) is 9.30 Å². The van der Waals surface area contributed by atoms with Crippen LogP contribution >= 0.6 is 63.7 Å². The Labute approximate surface area is 138 Å². The van der Waals surface area contributed by atoms with Gasteiger partial charge in [-0.1, -0.05) is 53.9 Å². The van der Waals surface area contributed by atoms with Gasteiger partial charge in [-0.25, -0.2) is 4.39 Å². The average molecular weight is 502 g/mol. The highest BCUT2D eigenvalue weighted by Gasteiger charge is 2.15. The second-order valence-corrected chi connectivity index (χ2v) is 7.24. The van der Waals surface area contributed by atoms with E-state index in [1.54, 1.807) is 6.07 Å². The molecule has 2 aromatic rings. The molecule has 0 saturated carbocycles. The Kier molecular flexibility index (Phi) is 5.03. The molecule has 0 fully saturated rings. The highest BCUT2D eigenvalue weighted by Crippen LogP contribution is 2.37. The maximum atomic E-state index is 13.5. The minimum Gasteiger partial charge on any atom is -0.206 e. The number of rotatable bonds is 2. The van der Waals surface area contributed by atoms with Crippen molar-refractivity contribution in [3.8, 4) is 0 Å². The molecule has 0 bridgehead atoms. The molecule has 5 heteroatoms. The van der Waals surface area contributed by atoms with Crippen LogP contribution in [0.2, 0.25) is 0 Å². The third-order valence-electron chi connectivity index (χ3n) is 2.47. The molecule has 0 aliphatic heterocycles. The predicted octanol–water partition coefficient (Wildman–Crippen LogP) is 6.60. The van der Waals surface area contributed by atoms with Gasteiger partial charge >= 0.3 is 0 Å². The topological polar surface area (TPSA) is 0 Å². The molecular formula is C13H7Br4F. The zero-order valence-electron chi connectivity index (χ0n) is 8.93. The van der Waals surface area contributed by atoms with E-state index >= 15 is 0 Å². The molecule has 0 aliphatic rings. The molecule has 94 valence electrons. The van der Waals surface area contributed by atoms with Crippen molar-refractivity contribution in [2.45, 2.75) is 4.83 Å². The van der Waals surface area contributed by atoms with Gasteiger partial charge in [0, 0.05) is 8.95 Å². The number of halogens is 5. The summed E-state index contributed by atoms with van der Waals surface area (Å²) >= 11 is 13.7. The standard InChI is InChI=1S/C13H7Br4F/c14-8-2-4-10(15)9(6-8)13(17)7-1-3-11(16)12(18)5-7/h1-6,13H. The van der Waals surface area contributed by atoms with Gasteiger partial charge in [-0.2, -0.15) is 0 Å². The molecule has 1 atom stereocenters. The van der Waals surface area contributed by atoms with Gasteiger partial charge in [-0.15, -0.1) is 0 Å². The van der Waals surface area contributed by atoms with Gasteiger partial charge in [-0.3, -0.25) is 0 Å². The number of hydrogen-bond donors (Lipinski definition) is 0. The molecule has 0 N–H and O–H groups in total. The second-order valence-electron chi connectivity index (χ2n) is 3.70. The lowest BCUT2D eigenvalue weighted by Crippen LogP contribution is -1.95. The van der Waals surface area contributed by atoms with Crippen molar-refractivity contribution in [3.05, 3.63) is 66.8 Å². The Morgan fingerprint density at radius 3 is 2.22 bits per heavy atom. The number of hydrogen-bond acceptors (Lipinski definition) is 0. The van der Waals surface area contributed by atoms with Gasteiger partial charge in [-0.05, 0) is 57.4 Å². The Bertz CT molecular complexity index is 583. The summed E-state index contributed by atoms with van der Waals surface area (Å²) in [4.78, 5) is -0.0630. The summed E-state index contributed by atoms with van der Waals surface area (Å²) in [7, 11) is 0. The van der Waals surface area contributed by atoms with Crippen molar-refractivity contribution in [3.63, 3.8) is 0 Å². The largest absolute Gasteiger partial charge is 0.206 e. The first-order chi connectivity index (χ1) is 8.49. The van der Waals surface area contributed by atoms with Gasteiger partial charge in [0.25, 0.3) is 0 Å². The van der Waals surface area contributed by atoms with E-state index in [4.69, 9.17) is 0 Å². The fraction of sp³-hybridized carbons (Fsp3) is 0.0769. The quantitative estimate of drug-likeness (QED) is 0.407. The lowest BCUT2D eigenvalue weighted by Gasteiger charge is -2.13. The maximum absolute atomic E-state index is 13.5. The smallest absolute Gasteiger partial charge is 0.137 e. The molecule has 2 rings (SSSR count). The Hall–Kier alpha value is 0.290. The summed E-state index contributed by atoms with van der Waals surface area (Å²) in [6.45, 7) is 0. The van der Waals surface area contributed by atoms with Crippen LogP contribution in [0.1, 0.15) is 16.0 Å². The van der Waals surface area contributed by atoms with E-state index in [2.05, 4.69) is 63.7 Å². The predicted molar refractivity (Wildman–Crippen MR) is 86.7 cm³/mol. The number of benzene rings is 2. The highest BCUT2D eigenvalue weighted by atomic mass is 79.9. The third kappa shape index (κ3) is 3.24. The van der Waals surface area contributed by atoms with Gasteiger partial charge in [0.1, 0.15) is 5.82 Å². The molecule has 2 aromatic carbocycles. The van der Waals surface area contributed by atoms with E-state index in [0.717, 1.165) is 20.1 Å². The number of alkyl halides is 1. The molecule has 0 amide bonds. The molecular weight excluding hydrogens is 495 g/mol. The van der Waals surface area contributed by atoms with Crippen molar-refractivity contribution < 1.29 is 4.39 Å². The van der Waals surface area contributed by atoms with Gasteiger partial charge in [0.2, 0.25) is 0 Å². The van der Waals surface area contributed by atoms with Crippen molar-refractivity contribution >= 4 is 63.7 Å². The van der Waals surface area contributed by atoms with Crippen LogP contribution in [0.5, 0.6) is 0 Å². The third-order valence-corrected chi connectivity index (χ3v) is 5.35. The van der Waals surface area contributed by atoms with Crippen molar-refractivity contribution in [2.75, 3.05) is 0 Å². The van der Waals surface area contributed by atoms with Crippen LogP contribution in [0.4, 0.5) is 4.39 Å². The van der Waals surface area contributed by atoms with Crippen LogP contribution in [0.15, 0.2) is 49.8 Å². The summed E-state index contributed by atoms with van der Waals surface area (Å²) in [5, 5.41) is 0. The summed E-state index contributed by atoms with van der Waals surface area (Å²) in [6.07, 6.45) is 0. The molecule has 0 nitrogen and oxygen atoms in total. The minimum absolute atomic E-state index is 0.0630. The first-order valence-electron chi connectivity index (χ1n) is 5.03. The molecule has 0 radical (unpaired) electrons. The van der Waals surface area contributed by atoms with Gasteiger partial charge < -0.3 is 0 Å². The molecule has 0 aromatic heterocycles. The Morgan fingerprint density at radius 1 is 0.889 bits per heavy atom. The summed E-state index contributed by atoms with van der Waals surface area (Å²) in [6, 6.07) is 11.0. The fourth-order valence-corrected chi connectivity index (χ4v) is 3.63. The fourth-order valence-electron chi connectivity index (χ4n) is 1.56. The zero-order chi connectivity index (χ0) is 13.3. The van der Waals surface area contributed by atoms with Gasteiger partial charge in [0.15, 0.2) is 0 Å². The van der Waals surface area contributed by atoms with E-state index < -0.39 is 0 Å². The average Bonchev–Trinajstić information content (AvgIpc) is 2.35. The summed E-state index contributed by atoms with van der Waals surface area (Å²) in [5.41, 5.74) is 1.92. The van der Waals surface area contributed by atoms with Crippen LogP contribution in [0.3, 0.4) is 0 Å². The Morgan fingerprint density at radius 2 is 1.56 bits per heavy atom. The molecule has 0 heterocycles. The van der Waals surface area contributed by atoms with Crippen LogP contribution in [-0.4, -0.2) is 0 Å². The van der Waals surface area contributed by atoms with Crippen molar-refractivity contribution in [1.29, 1.82) is 0 Å².